The molecule has 0 aromatic carbocycles. The number of fused-ring (bicyclic) bond motifs is 1. The van der Waals surface area contributed by atoms with Gasteiger partial charge >= 0.3 is 0 Å². The molecule has 4 heterocycles. The first-order chi connectivity index (χ1) is 12.1. The number of hydrogen-bond acceptors (Lipinski definition) is 6. The van der Waals surface area contributed by atoms with Gasteiger partial charge in [-0.2, -0.15) is 0 Å². The lowest BCUT2D eigenvalue weighted by Crippen LogP contribution is -2.04. The Balaban J connectivity index is 1.75. The summed E-state index contributed by atoms with van der Waals surface area (Å²) in [6.07, 6.45) is 0.963. The van der Waals surface area contributed by atoms with Crippen molar-refractivity contribution in [3.05, 3.63) is 52.5 Å². The molecular weight excluding hydrogens is 332 g/mol. The third kappa shape index (κ3) is 3.06. The lowest BCUT2D eigenvalue weighted by atomic mass is 10.1. The molecule has 0 unspecified atom stereocenters. The molecule has 0 fully saturated rings. The van der Waals surface area contributed by atoms with Crippen LogP contribution in [0.3, 0.4) is 0 Å². The number of aromatic nitrogens is 4. The minimum atomic E-state index is 0.388. The first-order valence-electron chi connectivity index (χ1n) is 8.00. The van der Waals surface area contributed by atoms with Crippen LogP contribution in [0.25, 0.3) is 22.4 Å². The summed E-state index contributed by atoms with van der Waals surface area (Å²) in [5.41, 5.74) is 15.1. The molecular formula is C18H18N6S. The molecule has 0 saturated heterocycles. The van der Waals surface area contributed by atoms with Crippen LogP contribution < -0.4 is 11.5 Å². The second-order valence-corrected chi connectivity index (χ2v) is 6.92. The monoisotopic (exact) mass is 350 g/mol. The van der Waals surface area contributed by atoms with Gasteiger partial charge < -0.3 is 16.0 Å². The third-order valence-electron chi connectivity index (χ3n) is 4.11. The predicted molar refractivity (Wildman–Crippen MR) is 102 cm³/mol. The quantitative estimate of drug-likeness (QED) is 0.589. The predicted octanol–water partition coefficient (Wildman–Crippen LogP) is 3.27. The van der Waals surface area contributed by atoms with Crippen LogP contribution in [0.5, 0.6) is 0 Å². The van der Waals surface area contributed by atoms with E-state index in [1.807, 2.05) is 19.1 Å². The Morgan fingerprint density at radius 2 is 1.84 bits per heavy atom. The van der Waals surface area contributed by atoms with Crippen LogP contribution in [0.1, 0.15) is 10.7 Å². The fourth-order valence-corrected chi connectivity index (χ4v) is 3.64. The maximum Gasteiger partial charge on any atom is 0.160 e. The highest BCUT2D eigenvalue weighted by Gasteiger charge is 2.11. The van der Waals surface area contributed by atoms with Crippen LogP contribution in [0.4, 0.5) is 11.6 Å². The number of thiophene rings is 1. The standard InChI is InChI=1S/C18H18N6S/c1-11-21-15-5-4-14(12-9-16(19)23-17(20)10-12)22-18(15)24(11)7-6-13-3-2-8-25-13/h2-5,8-10H,6-7H2,1H3,(H4,19,20,23). The summed E-state index contributed by atoms with van der Waals surface area (Å²) in [4.78, 5) is 14.8. The van der Waals surface area contributed by atoms with E-state index in [4.69, 9.17) is 16.5 Å². The van der Waals surface area contributed by atoms with Crippen molar-refractivity contribution in [1.29, 1.82) is 0 Å². The summed E-state index contributed by atoms with van der Waals surface area (Å²) in [6.45, 7) is 2.86. The maximum atomic E-state index is 5.81. The molecule has 4 aromatic heterocycles. The number of pyridine rings is 2. The number of rotatable bonds is 4. The van der Waals surface area contributed by atoms with E-state index in [9.17, 15) is 0 Å². The Labute approximate surface area is 149 Å². The number of anilines is 2. The Bertz CT molecular complexity index is 1020. The Hall–Kier alpha value is -2.93. The van der Waals surface area contributed by atoms with Crippen LogP contribution in [-0.2, 0) is 13.0 Å². The summed E-state index contributed by atoms with van der Waals surface area (Å²) < 4.78 is 2.16. The number of nitrogens with two attached hydrogens (primary N) is 2. The van der Waals surface area contributed by atoms with Crippen molar-refractivity contribution in [1.82, 2.24) is 19.5 Å². The maximum absolute atomic E-state index is 5.81. The van der Waals surface area contributed by atoms with Crippen molar-refractivity contribution >= 4 is 34.1 Å². The van der Waals surface area contributed by atoms with Crippen LogP contribution >= 0.6 is 11.3 Å². The molecule has 0 radical (unpaired) electrons. The molecule has 0 aliphatic heterocycles. The van der Waals surface area contributed by atoms with Gasteiger partial charge in [-0.1, -0.05) is 6.07 Å². The van der Waals surface area contributed by atoms with E-state index in [1.165, 1.54) is 4.88 Å². The van der Waals surface area contributed by atoms with Crippen LogP contribution in [-0.4, -0.2) is 19.5 Å². The molecule has 0 amide bonds. The Morgan fingerprint density at radius 3 is 2.56 bits per heavy atom. The smallest absolute Gasteiger partial charge is 0.160 e. The van der Waals surface area contributed by atoms with Gasteiger partial charge in [-0.15, -0.1) is 11.3 Å². The van der Waals surface area contributed by atoms with Gasteiger partial charge in [0.25, 0.3) is 0 Å². The molecule has 0 aliphatic carbocycles. The van der Waals surface area contributed by atoms with Gasteiger partial charge in [-0.25, -0.2) is 15.0 Å². The first-order valence-corrected chi connectivity index (χ1v) is 8.88. The second kappa shape index (κ2) is 6.18. The minimum absolute atomic E-state index is 0.388. The van der Waals surface area contributed by atoms with E-state index >= 15 is 0 Å². The summed E-state index contributed by atoms with van der Waals surface area (Å²) in [7, 11) is 0. The lowest BCUT2D eigenvalue weighted by molar-refractivity contribution is 0.692. The fourth-order valence-electron chi connectivity index (χ4n) is 2.94. The number of nitrogens with zero attached hydrogens (tertiary/aromatic N) is 4. The third-order valence-corrected chi connectivity index (χ3v) is 5.04. The van der Waals surface area contributed by atoms with Gasteiger partial charge in [-0.3, -0.25) is 0 Å². The minimum Gasteiger partial charge on any atom is -0.384 e. The molecule has 25 heavy (non-hydrogen) atoms. The van der Waals surface area contributed by atoms with E-state index < -0.39 is 0 Å². The molecule has 0 atom stereocenters. The second-order valence-electron chi connectivity index (χ2n) is 5.88. The highest BCUT2D eigenvalue weighted by molar-refractivity contribution is 7.09. The largest absolute Gasteiger partial charge is 0.384 e. The molecule has 4 N–H and O–H groups in total. The SMILES string of the molecule is Cc1nc2ccc(-c3cc(N)nc(N)c3)nc2n1CCc1cccs1. The Kier molecular flexibility index (Phi) is 3.85. The zero-order chi connectivity index (χ0) is 17.4. The average molecular weight is 350 g/mol. The molecule has 126 valence electrons. The van der Waals surface area contributed by atoms with Crippen LogP contribution in [0.2, 0.25) is 0 Å². The van der Waals surface area contributed by atoms with Gasteiger partial charge in [0.2, 0.25) is 0 Å². The summed E-state index contributed by atoms with van der Waals surface area (Å²) in [5, 5.41) is 2.10. The highest BCUT2D eigenvalue weighted by Crippen LogP contribution is 2.24. The molecule has 6 nitrogen and oxygen atoms in total. The van der Waals surface area contributed by atoms with E-state index in [0.29, 0.717) is 11.6 Å². The van der Waals surface area contributed by atoms with Gasteiger partial charge in [0.05, 0.1) is 5.69 Å². The molecule has 0 aliphatic rings. The van der Waals surface area contributed by atoms with Gasteiger partial charge in [0, 0.05) is 17.0 Å². The van der Waals surface area contributed by atoms with E-state index in [-0.39, 0.29) is 0 Å². The first kappa shape index (κ1) is 15.6. The van der Waals surface area contributed by atoms with Crippen molar-refractivity contribution in [2.45, 2.75) is 19.9 Å². The van der Waals surface area contributed by atoms with Gasteiger partial charge in [0.15, 0.2) is 5.65 Å². The number of hydrogen-bond donors (Lipinski definition) is 2. The summed E-state index contributed by atoms with van der Waals surface area (Å²) in [5.74, 6) is 1.74. The van der Waals surface area contributed by atoms with Crippen molar-refractivity contribution in [3.8, 4) is 11.3 Å². The molecule has 0 bridgehead atoms. The average Bonchev–Trinajstić information content (AvgIpc) is 3.18. The van der Waals surface area contributed by atoms with Crippen LogP contribution in [0, 0.1) is 6.92 Å². The van der Waals surface area contributed by atoms with E-state index in [1.54, 1.807) is 23.5 Å². The van der Waals surface area contributed by atoms with Crippen molar-refractivity contribution < 1.29 is 0 Å². The van der Waals surface area contributed by atoms with Gasteiger partial charge in [-0.05, 0) is 49.1 Å². The zero-order valence-electron chi connectivity index (χ0n) is 13.8. The Morgan fingerprint density at radius 1 is 1.04 bits per heavy atom. The topological polar surface area (TPSA) is 95.6 Å². The summed E-state index contributed by atoms with van der Waals surface area (Å²) in [6, 6.07) is 11.7. The molecule has 0 spiro atoms. The lowest BCUT2D eigenvalue weighted by Gasteiger charge is -2.07. The normalized spacial score (nSPS) is 11.2. The van der Waals surface area contributed by atoms with Crippen LogP contribution in [0.15, 0.2) is 41.8 Å². The van der Waals surface area contributed by atoms with E-state index in [0.717, 1.165) is 41.2 Å². The molecule has 4 rings (SSSR count). The zero-order valence-corrected chi connectivity index (χ0v) is 14.6. The molecule has 4 aromatic rings. The molecule has 0 saturated carbocycles. The summed E-state index contributed by atoms with van der Waals surface area (Å²) >= 11 is 1.77. The van der Waals surface area contributed by atoms with Crippen molar-refractivity contribution in [2.24, 2.45) is 0 Å². The van der Waals surface area contributed by atoms with Crippen molar-refractivity contribution in [2.75, 3.05) is 11.5 Å². The number of nitrogen functional groups attached to an aromatic ring is 2. The highest BCUT2D eigenvalue weighted by atomic mass is 32.1. The number of imidazole rings is 1. The molecule has 7 heteroatoms. The number of aryl methyl sites for hydroxylation is 3. The fraction of sp³-hybridized carbons (Fsp3) is 0.167. The van der Waals surface area contributed by atoms with Crippen molar-refractivity contribution in [3.63, 3.8) is 0 Å². The van der Waals surface area contributed by atoms with E-state index in [2.05, 4.69) is 32.0 Å². The van der Waals surface area contributed by atoms with Gasteiger partial charge in [0.1, 0.15) is 23.0 Å².